The molecule has 8 heteroatoms. The average molecular weight is 424 g/mol. The molecule has 0 unspecified atom stereocenters. The van der Waals surface area contributed by atoms with Crippen molar-refractivity contribution >= 4 is 11.7 Å². The zero-order valence-corrected chi connectivity index (χ0v) is 19.6. The van der Waals surface area contributed by atoms with Gasteiger partial charge in [0, 0.05) is 42.5 Å². The number of rotatable bonds is 7. The van der Waals surface area contributed by atoms with E-state index in [1.165, 1.54) is 0 Å². The summed E-state index contributed by atoms with van der Waals surface area (Å²) >= 11 is 0. The molecule has 0 spiro atoms. The fraction of sp³-hybridized carbons (Fsp3) is 0.522. The Kier molecular flexibility index (Phi) is 6.57. The molecule has 0 saturated heterocycles. The van der Waals surface area contributed by atoms with Crippen LogP contribution in [0.15, 0.2) is 24.5 Å². The van der Waals surface area contributed by atoms with Crippen LogP contribution in [0.4, 0.5) is 5.82 Å². The number of hydrogen-bond donors (Lipinski definition) is 1. The first-order valence-electron chi connectivity index (χ1n) is 10.8. The van der Waals surface area contributed by atoms with E-state index in [1.54, 1.807) is 23.1 Å². The number of amides is 1. The summed E-state index contributed by atoms with van der Waals surface area (Å²) < 4.78 is 3.64. The van der Waals surface area contributed by atoms with E-state index in [1.807, 2.05) is 17.7 Å². The molecule has 1 N–H and O–H groups in total. The highest BCUT2D eigenvalue weighted by atomic mass is 16.1. The van der Waals surface area contributed by atoms with Gasteiger partial charge in [0.1, 0.15) is 5.82 Å². The molecule has 0 bridgehead atoms. The Morgan fingerprint density at radius 1 is 1.13 bits per heavy atom. The Bertz CT molecular complexity index is 1040. The Morgan fingerprint density at radius 3 is 2.42 bits per heavy atom. The van der Waals surface area contributed by atoms with Gasteiger partial charge in [0.2, 0.25) is 5.91 Å². The van der Waals surface area contributed by atoms with Gasteiger partial charge in [0.15, 0.2) is 0 Å². The third-order valence-corrected chi connectivity index (χ3v) is 5.16. The molecule has 0 fully saturated rings. The van der Waals surface area contributed by atoms with Gasteiger partial charge in [0.05, 0.1) is 11.4 Å². The number of nitrogens with zero attached hydrogens (tertiary/aromatic N) is 6. The molecule has 3 rings (SSSR count). The lowest BCUT2D eigenvalue weighted by atomic mass is 9.92. The summed E-state index contributed by atoms with van der Waals surface area (Å²) in [6, 6.07) is 3.64. The molecule has 0 aromatic carbocycles. The normalized spacial score (nSPS) is 11.9. The monoisotopic (exact) mass is 423 g/mol. The highest BCUT2D eigenvalue weighted by Crippen LogP contribution is 2.25. The maximum absolute atomic E-state index is 12.8. The summed E-state index contributed by atoms with van der Waals surface area (Å²) in [4.78, 5) is 21.4. The molecule has 0 aliphatic carbocycles. The number of anilines is 1. The Hall–Kier alpha value is -3.03. The third-order valence-electron chi connectivity index (χ3n) is 5.16. The molecule has 3 aromatic rings. The molecular weight excluding hydrogens is 390 g/mol. The van der Waals surface area contributed by atoms with E-state index >= 15 is 0 Å². The molecule has 0 atom stereocenters. The third kappa shape index (κ3) is 5.37. The summed E-state index contributed by atoms with van der Waals surface area (Å²) in [5, 5.41) is 12.3. The van der Waals surface area contributed by atoms with Crippen LogP contribution in [0.5, 0.6) is 0 Å². The lowest BCUT2D eigenvalue weighted by Crippen LogP contribution is -2.17. The lowest BCUT2D eigenvalue weighted by Gasteiger charge is -2.13. The van der Waals surface area contributed by atoms with Crippen LogP contribution >= 0.6 is 0 Å². The Balaban J connectivity index is 1.77. The number of aromatic nitrogens is 6. The largest absolute Gasteiger partial charge is 0.310 e. The van der Waals surface area contributed by atoms with Crippen molar-refractivity contribution in [2.24, 2.45) is 5.92 Å². The van der Waals surface area contributed by atoms with Crippen LogP contribution in [0.25, 0.3) is 5.95 Å². The van der Waals surface area contributed by atoms with Crippen molar-refractivity contribution in [1.82, 2.24) is 29.5 Å². The van der Waals surface area contributed by atoms with Crippen LogP contribution in [0.1, 0.15) is 63.7 Å². The smallest absolute Gasteiger partial charge is 0.252 e. The van der Waals surface area contributed by atoms with Gasteiger partial charge in [0.25, 0.3) is 5.95 Å². The van der Waals surface area contributed by atoms with E-state index in [4.69, 9.17) is 0 Å². The Labute approximate surface area is 184 Å². The first kappa shape index (κ1) is 22.7. The molecule has 3 aromatic heterocycles. The van der Waals surface area contributed by atoms with Crippen molar-refractivity contribution in [3.8, 4) is 5.95 Å². The number of hydrogen-bond acceptors (Lipinski definition) is 5. The molecule has 166 valence electrons. The van der Waals surface area contributed by atoms with Gasteiger partial charge in [-0.2, -0.15) is 14.9 Å². The SMILES string of the molecule is Cc1nn(CC(C)C)c(C)c1CCC(=O)Nc1cc(C(C)(C)C)nn1-c1ncccn1. The van der Waals surface area contributed by atoms with Gasteiger partial charge < -0.3 is 5.32 Å². The summed E-state index contributed by atoms with van der Waals surface area (Å²) in [7, 11) is 0. The van der Waals surface area contributed by atoms with Crippen LogP contribution in [0, 0.1) is 19.8 Å². The Morgan fingerprint density at radius 2 is 1.81 bits per heavy atom. The fourth-order valence-electron chi connectivity index (χ4n) is 3.45. The van der Waals surface area contributed by atoms with Crippen molar-refractivity contribution < 1.29 is 4.79 Å². The molecule has 8 nitrogen and oxygen atoms in total. The highest BCUT2D eigenvalue weighted by molar-refractivity contribution is 5.90. The van der Waals surface area contributed by atoms with Crippen LogP contribution in [0.3, 0.4) is 0 Å². The van der Waals surface area contributed by atoms with Gasteiger partial charge in [-0.3, -0.25) is 9.48 Å². The highest BCUT2D eigenvalue weighted by Gasteiger charge is 2.22. The second-order valence-corrected chi connectivity index (χ2v) is 9.40. The molecule has 0 aliphatic rings. The predicted molar refractivity (Wildman–Crippen MR) is 121 cm³/mol. The van der Waals surface area contributed by atoms with Gasteiger partial charge in [-0.1, -0.05) is 34.6 Å². The van der Waals surface area contributed by atoms with E-state index < -0.39 is 0 Å². The van der Waals surface area contributed by atoms with Gasteiger partial charge in [-0.25, -0.2) is 9.97 Å². The van der Waals surface area contributed by atoms with Crippen LogP contribution in [0.2, 0.25) is 0 Å². The minimum Gasteiger partial charge on any atom is -0.310 e. The molecule has 0 saturated carbocycles. The maximum Gasteiger partial charge on any atom is 0.252 e. The molecule has 1 amide bonds. The van der Waals surface area contributed by atoms with Crippen molar-refractivity contribution in [2.75, 3.05) is 5.32 Å². The summed E-state index contributed by atoms with van der Waals surface area (Å²) in [5.74, 6) is 1.44. The van der Waals surface area contributed by atoms with Crippen molar-refractivity contribution in [3.63, 3.8) is 0 Å². The van der Waals surface area contributed by atoms with Crippen LogP contribution in [-0.2, 0) is 23.2 Å². The number of carbonyl (C=O) groups is 1. The lowest BCUT2D eigenvalue weighted by molar-refractivity contribution is -0.116. The first-order chi connectivity index (χ1) is 14.6. The van der Waals surface area contributed by atoms with Crippen LogP contribution in [-0.4, -0.2) is 35.4 Å². The average Bonchev–Trinajstić information content (AvgIpc) is 3.22. The van der Waals surface area contributed by atoms with Crippen molar-refractivity contribution in [1.29, 1.82) is 0 Å². The minimum atomic E-state index is -0.168. The minimum absolute atomic E-state index is 0.0760. The standard InChI is InChI=1S/C23H33N7O/c1-15(2)14-29-17(4)18(16(3)27-29)9-10-21(31)26-20-13-19(23(5,6)7)28-30(20)22-24-11-8-12-25-22/h8,11-13,15H,9-10,14H2,1-7H3,(H,26,31). The van der Waals surface area contributed by atoms with E-state index in [9.17, 15) is 4.79 Å². The molecule has 31 heavy (non-hydrogen) atoms. The van der Waals surface area contributed by atoms with Gasteiger partial charge in [-0.05, 0) is 37.8 Å². The second-order valence-electron chi connectivity index (χ2n) is 9.40. The second kappa shape index (κ2) is 8.99. The van der Waals surface area contributed by atoms with Gasteiger partial charge >= 0.3 is 0 Å². The molecule has 0 radical (unpaired) electrons. The van der Waals surface area contributed by atoms with E-state index in [-0.39, 0.29) is 11.3 Å². The molecule has 3 heterocycles. The zero-order valence-electron chi connectivity index (χ0n) is 19.6. The molecule has 0 aliphatic heterocycles. The van der Waals surface area contributed by atoms with Crippen LogP contribution < -0.4 is 5.32 Å². The van der Waals surface area contributed by atoms with Crippen molar-refractivity contribution in [3.05, 3.63) is 47.2 Å². The topological polar surface area (TPSA) is 90.5 Å². The summed E-state index contributed by atoms with van der Waals surface area (Å²) in [6.07, 6.45) is 4.32. The fourth-order valence-corrected chi connectivity index (χ4v) is 3.45. The van der Waals surface area contributed by atoms with E-state index in [0.29, 0.717) is 30.5 Å². The first-order valence-corrected chi connectivity index (χ1v) is 10.8. The van der Waals surface area contributed by atoms with E-state index in [2.05, 4.69) is 67.0 Å². The molecular formula is C23H33N7O. The van der Waals surface area contributed by atoms with E-state index in [0.717, 1.165) is 29.2 Å². The number of aryl methyl sites for hydroxylation is 1. The quantitative estimate of drug-likeness (QED) is 0.620. The number of nitrogens with one attached hydrogen (secondary N) is 1. The van der Waals surface area contributed by atoms with Gasteiger partial charge in [-0.15, -0.1) is 0 Å². The number of carbonyl (C=O) groups excluding carboxylic acids is 1. The maximum atomic E-state index is 12.8. The predicted octanol–water partition coefficient (Wildman–Crippen LogP) is 4.00. The van der Waals surface area contributed by atoms with Crippen molar-refractivity contribution in [2.45, 2.75) is 73.3 Å². The summed E-state index contributed by atoms with van der Waals surface area (Å²) in [6.45, 7) is 15.6. The summed E-state index contributed by atoms with van der Waals surface area (Å²) in [5.41, 5.74) is 3.96. The zero-order chi connectivity index (χ0) is 22.8.